The number of carbonyl (C=O) groups is 1. The molecule has 18 heavy (non-hydrogen) atoms. The Morgan fingerprint density at radius 3 is 2.44 bits per heavy atom. The first-order valence-electron chi connectivity index (χ1n) is 7.55. The molecule has 1 aliphatic rings. The predicted molar refractivity (Wildman–Crippen MR) is 74.8 cm³/mol. The molecule has 1 fully saturated rings. The Balaban J connectivity index is 2.27. The molecule has 0 spiro atoms. The van der Waals surface area contributed by atoms with Crippen LogP contribution in [0.25, 0.3) is 0 Å². The lowest BCUT2D eigenvalue weighted by atomic mass is 10.1. The van der Waals surface area contributed by atoms with E-state index < -0.39 is 5.97 Å². The van der Waals surface area contributed by atoms with Crippen molar-refractivity contribution in [2.45, 2.75) is 71.3 Å². The van der Waals surface area contributed by atoms with Crippen LogP contribution in [0.4, 0.5) is 0 Å². The van der Waals surface area contributed by atoms with Gasteiger partial charge < -0.3 is 10.0 Å². The molecule has 0 saturated heterocycles. The van der Waals surface area contributed by atoms with Crippen molar-refractivity contribution in [3.63, 3.8) is 0 Å². The summed E-state index contributed by atoms with van der Waals surface area (Å²) in [6, 6.07) is 0.772. The van der Waals surface area contributed by atoms with Gasteiger partial charge in [0, 0.05) is 12.5 Å². The molecule has 0 aromatic carbocycles. The average Bonchev–Trinajstić information content (AvgIpc) is 2.80. The Kier molecular flexibility index (Phi) is 7.33. The summed E-state index contributed by atoms with van der Waals surface area (Å²) >= 11 is 0. The average molecular weight is 255 g/mol. The fourth-order valence-electron chi connectivity index (χ4n) is 2.76. The van der Waals surface area contributed by atoms with Crippen LogP contribution in [0.1, 0.15) is 65.2 Å². The van der Waals surface area contributed by atoms with E-state index in [1.165, 1.54) is 38.6 Å². The number of nitrogens with zero attached hydrogens (tertiary/aromatic N) is 1. The van der Waals surface area contributed by atoms with E-state index in [-0.39, 0.29) is 0 Å². The van der Waals surface area contributed by atoms with Gasteiger partial charge in [-0.3, -0.25) is 4.79 Å². The molecular formula is C15H29NO2. The van der Waals surface area contributed by atoms with Gasteiger partial charge in [-0.05, 0) is 51.1 Å². The summed E-state index contributed by atoms with van der Waals surface area (Å²) in [6.45, 7) is 6.83. The molecule has 0 amide bonds. The third-order valence-corrected chi connectivity index (χ3v) is 3.92. The van der Waals surface area contributed by atoms with Gasteiger partial charge in [0.2, 0.25) is 0 Å². The van der Waals surface area contributed by atoms with Gasteiger partial charge in [-0.25, -0.2) is 0 Å². The Hall–Kier alpha value is -0.570. The standard InChI is InChI=1S/C15H29NO2/c1-13(2)10-12-16(14-7-3-4-8-14)11-6-5-9-15(17)18/h13-14H,3-12H2,1-2H3,(H,17,18). The number of aliphatic carboxylic acids is 1. The van der Waals surface area contributed by atoms with Crippen molar-refractivity contribution in [3.8, 4) is 0 Å². The SMILES string of the molecule is CC(C)CCN(CCCCC(=O)O)C1CCCC1. The molecule has 1 aliphatic carbocycles. The fraction of sp³-hybridized carbons (Fsp3) is 0.933. The third kappa shape index (κ3) is 6.39. The zero-order valence-corrected chi connectivity index (χ0v) is 12.0. The van der Waals surface area contributed by atoms with Crippen LogP contribution in [0.5, 0.6) is 0 Å². The maximum atomic E-state index is 10.5. The minimum Gasteiger partial charge on any atom is -0.481 e. The smallest absolute Gasteiger partial charge is 0.303 e. The van der Waals surface area contributed by atoms with Crippen molar-refractivity contribution in [3.05, 3.63) is 0 Å². The van der Waals surface area contributed by atoms with Gasteiger partial charge in [0.05, 0.1) is 0 Å². The van der Waals surface area contributed by atoms with Crippen LogP contribution in [0.3, 0.4) is 0 Å². The van der Waals surface area contributed by atoms with Gasteiger partial charge in [0.15, 0.2) is 0 Å². The summed E-state index contributed by atoms with van der Waals surface area (Å²) in [5.41, 5.74) is 0. The third-order valence-electron chi connectivity index (χ3n) is 3.92. The van der Waals surface area contributed by atoms with Crippen LogP contribution < -0.4 is 0 Å². The maximum Gasteiger partial charge on any atom is 0.303 e. The summed E-state index contributed by atoms with van der Waals surface area (Å²) in [6.07, 6.45) is 8.86. The first-order valence-corrected chi connectivity index (χ1v) is 7.55. The number of rotatable bonds is 9. The fourth-order valence-corrected chi connectivity index (χ4v) is 2.76. The highest BCUT2D eigenvalue weighted by molar-refractivity contribution is 5.66. The van der Waals surface area contributed by atoms with Crippen molar-refractivity contribution in [1.82, 2.24) is 4.90 Å². The predicted octanol–water partition coefficient (Wildman–Crippen LogP) is 3.53. The zero-order valence-electron chi connectivity index (χ0n) is 12.0. The number of carboxylic acid groups (broad SMARTS) is 1. The molecule has 1 rings (SSSR count). The van der Waals surface area contributed by atoms with Gasteiger partial charge in [-0.1, -0.05) is 26.7 Å². The lowest BCUT2D eigenvalue weighted by Gasteiger charge is -2.29. The second-order valence-corrected chi connectivity index (χ2v) is 6.01. The van der Waals surface area contributed by atoms with Crippen molar-refractivity contribution in [2.75, 3.05) is 13.1 Å². The van der Waals surface area contributed by atoms with Crippen LogP contribution in [0.2, 0.25) is 0 Å². The Bertz CT molecular complexity index is 235. The van der Waals surface area contributed by atoms with Gasteiger partial charge in [0.25, 0.3) is 0 Å². The minimum absolute atomic E-state index is 0.322. The van der Waals surface area contributed by atoms with E-state index in [1.54, 1.807) is 0 Å². The van der Waals surface area contributed by atoms with Crippen LogP contribution in [0, 0.1) is 5.92 Å². The second kappa shape index (κ2) is 8.52. The molecule has 3 heteroatoms. The number of carboxylic acids is 1. The van der Waals surface area contributed by atoms with Gasteiger partial charge >= 0.3 is 5.97 Å². The van der Waals surface area contributed by atoms with Crippen molar-refractivity contribution >= 4 is 5.97 Å². The summed E-state index contributed by atoms with van der Waals surface area (Å²) in [7, 11) is 0. The molecule has 0 aliphatic heterocycles. The molecule has 3 nitrogen and oxygen atoms in total. The summed E-state index contributed by atoms with van der Waals surface area (Å²) < 4.78 is 0. The first-order chi connectivity index (χ1) is 8.59. The summed E-state index contributed by atoms with van der Waals surface area (Å²) in [5, 5.41) is 8.65. The normalized spacial score (nSPS) is 16.9. The highest BCUT2D eigenvalue weighted by Gasteiger charge is 2.21. The molecule has 0 bridgehead atoms. The van der Waals surface area contributed by atoms with E-state index in [1.807, 2.05) is 0 Å². The molecule has 106 valence electrons. The lowest BCUT2D eigenvalue weighted by molar-refractivity contribution is -0.137. The molecule has 0 unspecified atom stereocenters. The highest BCUT2D eigenvalue weighted by atomic mass is 16.4. The van der Waals surface area contributed by atoms with Gasteiger partial charge in [-0.2, -0.15) is 0 Å². The second-order valence-electron chi connectivity index (χ2n) is 6.01. The van der Waals surface area contributed by atoms with Gasteiger partial charge in [-0.15, -0.1) is 0 Å². The Morgan fingerprint density at radius 1 is 1.22 bits per heavy atom. The van der Waals surface area contributed by atoms with Crippen LogP contribution in [-0.2, 0) is 4.79 Å². The molecule has 1 N–H and O–H groups in total. The molecule has 0 aromatic rings. The highest BCUT2D eigenvalue weighted by Crippen LogP contribution is 2.24. The first kappa shape index (κ1) is 15.5. The summed E-state index contributed by atoms with van der Waals surface area (Å²) in [5.74, 6) is 0.0949. The molecule has 1 saturated carbocycles. The van der Waals surface area contributed by atoms with Crippen molar-refractivity contribution in [1.29, 1.82) is 0 Å². The van der Waals surface area contributed by atoms with Gasteiger partial charge in [0.1, 0.15) is 0 Å². The maximum absolute atomic E-state index is 10.5. The monoisotopic (exact) mass is 255 g/mol. The molecular weight excluding hydrogens is 226 g/mol. The van der Waals surface area contributed by atoms with E-state index in [0.717, 1.165) is 31.3 Å². The Labute approximate surface area is 112 Å². The number of unbranched alkanes of at least 4 members (excludes halogenated alkanes) is 1. The number of hydrogen-bond acceptors (Lipinski definition) is 2. The van der Waals surface area contributed by atoms with Crippen LogP contribution in [0.15, 0.2) is 0 Å². The van der Waals surface area contributed by atoms with Crippen LogP contribution in [-0.4, -0.2) is 35.1 Å². The number of hydrogen-bond donors (Lipinski definition) is 1. The molecule has 0 radical (unpaired) electrons. The topological polar surface area (TPSA) is 40.5 Å². The van der Waals surface area contributed by atoms with E-state index >= 15 is 0 Å². The van der Waals surface area contributed by atoms with Crippen LogP contribution >= 0.6 is 0 Å². The van der Waals surface area contributed by atoms with E-state index in [2.05, 4.69) is 18.7 Å². The zero-order chi connectivity index (χ0) is 13.4. The van der Waals surface area contributed by atoms with E-state index in [4.69, 9.17) is 5.11 Å². The molecule has 0 heterocycles. The quantitative estimate of drug-likeness (QED) is 0.641. The lowest BCUT2D eigenvalue weighted by Crippen LogP contribution is -2.35. The minimum atomic E-state index is -0.662. The molecule has 0 aromatic heterocycles. The Morgan fingerprint density at radius 2 is 1.89 bits per heavy atom. The van der Waals surface area contributed by atoms with Crippen molar-refractivity contribution in [2.24, 2.45) is 5.92 Å². The van der Waals surface area contributed by atoms with E-state index in [9.17, 15) is 4.79 Å². The van der Waals surface area contributed by atoms with Crippen molar-refractivity contribution < 1.29 is 9.90 Å². The largest absolute Gasteiger partial charge is 0.481 e. The summed E-state index contributed by atoms with van der Waals surface area (Å²) in [4.78, 5) is 13.1. The van der Waals surface area contributed by atoms with E-state index in [0.29, 0.717) is 6.42 Å². The molecule has 0 atom stereocenters.